The SMILES string of the molecule is Cc1sc(Br)cc1C(Cl)c1ccc(Cl)c(Br)c1. The second kappa shape index (κ2) is 5.62. The maximum absolute atomic E-state index is 6.50. The molecule has 5 heteroatoms. The third-order valence-corrected chi connectivity index (χ3v) is 5.71. The van der Waals surface area contributed by atoms with E-state index < -0.39 is 0 Å². The number of halogens is 4. The zero-order valence-electron chi connectivity index (χ0n) is 8.81. The molecule has 0 nitrogen and oxygen atoms in total. The third kappa shape index (κ3) is 3.07. The Morgan fingerprint density at radius 2 is 1.94 bits per heavy atom. The van der Waals surface area contributed by atoms with Crippen LogP contribution in [0.2, 0.25) is 5.02 Å². The van der Waals surface area contributed by atoms with Gasteiger partial charge < -0.3 is 0 Å². The van der Waals surface area contributed by atoms with Gasteiger partial charge in [-0.05, 0) is 68.1 Å². The molecule has 0 fully saturated rings. The molecule has 1 aromatic carbocycles. The zero-order valence-corrected chi connectivity index (χ0v) is 14.3. The maximum Gasteiger partial charge on any atom is 0.0846 e. The normalized spacial score (nSPS) is 12.8. The van der Waals surface area contributed by atoms with Gasteiger partial charge in [0, 0.05) is 9.35 Å². The molecule has 1 atom stereocenters. The average molecular weight is 415 g/mol. The Bertz CT molecular complexity index is 551. The summed E-state index contributed by atoms with van der Waals surface area (Å²) in [6.45, 7) is 2.07. The molecular weight excluding hydrogens is 407 g/mol. The summed E-state index contributed by atoms with van der Waals surface area (Å²) in [6, 6.07) is 7.84. The molecule has 1 aromatic heterocycles. The molecule has 1 unspecified atom stereocenters. The molecule has 2 rings (SSSR count). The van der Waals surface area contributed by atoms with E-state index in [0.29, 0.717) is 5.02 Å². The standard InChI is InChI=1S/C12H8Br2Cl2S/c1-6-8(5-11(14)17-6)12(16)7-2-3-10(15)9(13)4-7/h2-5,12H,1H3. The highest BCUT2D eigenvalue weighted by Crippen LogP contribution is 2.38. The molecule has 1 heterocycles. The van der Waals surface area contributed by atoms with Gasteiger partial charge in [-0.2, -0.15) is 0 Å². The quantitative estimate of drug-likeness (QED) is 0.488. The van der Waals surface area contributed by atoms with Crippen LogP contribution in [0.3, 0.4) is 0 Å². The minimum atomic E-state index is -0.147. The number of hydrogen-bond acceptors (Lipinski definition) is 1. The first-order valence-electron chi connectivity index (χ1n) is 4.84. The lowest BCUT2D eigenvalue weighted by Gasteiger charge is -2.10. The second-order valence-corrected chi connectivity index (χ2v) is 7.93. The van der Waals surface area contributed by atoms with Crippen LogP contribution < -0.4 is 0 Å². The van der Waals surface area contributed by atoms with E-state index in [0.717, 1.165) is 19.4 Å². The number of alkyl halides is 1. The Hall–Kier alpha value is 0.460. The summed E-state index contributed by atoms with van der Waals surface area (Å²) >= 11 is 21.1. The van der Waals surface area contributed by atoms with Crippen LogP contribution >= 0.6 is 66.4 Å². The van der Waals surface area contributed by atoms with Gasteiger partial charge in [-0.15, -0.1) is 22.9 Å². The molecule has 0 amide bonds. The van der Waals surface area contributed by atoms with Crippen molar-refractivity contribution in [2.24, 2.45) is 0 Å². The summed E-state index contributed by atoms with van der Waals surface area (Å²) < 4.78 is 1.97. The van der Waals surface area contributed by atoms with Crippen molar-refractivity contribution in [1.82, 2.24) is 0 Å². The Morgan fingerprint density at radius 1 is 1.24 bits per heavy atom. The van der Waals surface area contributed by atoms with Crippen molar-refractivity contribution in [2.75, 3.05) is 0 Å². The maximum atomic E-state index is 6.50. The van der Waals surface area contributed by atoms with Gasteiger partial charge >= 0.3 is 0 Å². The van der Waals surface area contributed by atoms with Crippen molar-refractivity contribution in [1.29, 1.82) is 0 Å². The molecule has 0 bridgehead atoms. The van der Waals surface area contributed by atoms with Gasteiger partial charge in [-0.3, -0.25) is 0 Å². The van der Waals surface area contributed by atoms with Crippen molar-refractivity contribution in [3.63, 3.8) is 0 Å². The topological polar surface area (TPSA) is 0 Å². The van der Waals surface area contributed by atoms with Crippen LogP contribution in [0.25, 0.3) is 0 Å². The fourth-order valence-electron chi connectivity index (χ4n) is 1.56. The van der Waals surface area contributed by atoms with Gasteiger partial charge in [-0.1, -0.05) is 17.7 Å². The fraction of sp³-hybridized carbons (Fsp3) is 0.167. The van der Waals surface area contributed by atoms with Gasteiger partial charge in [0.15, 0.2) is 0 Å². The molecule has 0 saturated carbocycles. The number of benzene rings is 1. The van der Waals surface area contributed by atoms with E-state index in [1.165, 1.54) is 4.88 Å². The van der Waals surface area contributed by atoms with Crippen molar-refractivity contribution < 1.29 is 0 Å². The predicted octanol–water partition coefficient (Wildman–Crippen LogP) is 6.56. The van der Waals surface area contributed by atoms with E-state index in [2.05, 4.69) is 44.8 Å². The van der Waals surface area contributed by atoms with E-state index in [-0.39, 0.29) is 5.38 Å². The van der Waals surface area contributed by atoms with Crippen molar-refractivity contribution >= 4 is 66.4 Å². The Morgan fingerprint density at radius 3 is 2.47 bits per heavy atom. The van der Waals surface area contributed by atoms with Crippen molar-refractivity contribution in [3.05, 3.63) is 53.6 Å². The summed E-state index contributed by atoms with van der Waals surface area (Å²) in [7, 11) is 0. The third-order valence-electron chi connectivity index (χ3n) is 2.44. The van der Waals surface area contributed by atoms with Crippen molar-refractivity contribution in [2.45, 2.75) is 12.3 Å². The minimum Gasteiger partial charge on any atom is -0.133 e. The Labute approximate surface area is 131 Å². The van der Waals surface area contributed by atoms with Gasteiger partial charge in [0.05, 0.1) is 14.2 Å². The number of hydrogen-bond donors (Lipinski definition) is 0. The molecule has 0 aliphatic rings. The summed E-state index contributed by atoms with van der Waals surface area (Å²) in [5, 5.41) is 0.548. The van der Waals surface area contributed by atoms with Crippen LogP contribution in [-0.4, -0.2) is 0 Å². The van der Waals surface area contributed by atoms with E-state index in [1.54, 1.807) is 11.3 Å². The first kappa shape index (κ1) is 13.9. The summed E-state index contributed by atoms with van der Waals surface area (Å²) in [4.78, 5) is 1.22. The Kier molecular flexibility index (Phi) is 4.59. The molecule has 0 aliphatic heterocycles. The lowest BCUT2D eigenvalue weighted by Crippen LogP contribution is -1.93. The summed E-state index contributed by atoms with van der Waals surface area (Å²) in [5.74, 6) is 0. The van der Waals surface area contributed by atoms with Crippen LogP contribution in [0.4, 0.5) is 0 Å². The molecule has 0 saturated heterocycles. The smallest absolute Gasteiger partial charge is 0.0846 e. The summed E-state index contributed by atoms with van der Waals surface area (Å²) in [6.07, 6.45) is 0. The fourth-order valence-corrected chi connectivity index (χ4v) is 4.25. The monoisotopic (exact) mass is 412 g/mol. The first-order chi connectivity index (χ1) is 7.99. The van der Waals surface area contributed by atoms with Crippen LogP contribution in [0, 0.1) is 6.92 Å². The van der Waals surface area contributed by atoms with E-state index in [4.69, 9.17) is 23.2 Å². The predicted molar refractivity (Wildman–Crippen MR) is 83.6 cm³/mol. The van der Waals surface area contributed by atoms with Crippen LogP contribution in [-0.2, 0) is 0 Å². The van der Waals surface area contributed by atoms with Gasteiger partial charge in [0.1, 0.15) is 0 Å². The van der Waals surface area contributed by atoms with E-state index in [9.17, 15) is 0 Å². The molecule has 0 aliphatic carbocycles. The molecule has 90 valence electrons. The summed E-state index contributed by atoms with van der Waals surface area (Å²) in [5.41, 5.74) is 2.18. The zero-order chi connectivity index (χ0) is 12.6. The van der Waals surface area contributed by atoms with Crippen LogP contribution in [0.15, 0.2) is 32.5 Å². The van der Waals surface area contributed by atoms with Crippen molar-refractivity contribution in [3.8, 4) is 0 Å². The van der Waals surface area contributed by atoms with Gasteiger partial charge in [-0.25, -0.2) is 0 Å². The molecule has 0 spiro atoms. The number of rotatable bonds is 2. The van der Waals surface area contributed by atoms with Crippen LogP contribution in [0.5, 0.6) is 0 Å². The highest BCUT2D eigenvalue weighted by atomic mass is 79.9. The number of aryl methyl sites for hydroxylation is 1. The highest BCUT2D eigenvalue weighted by Gasteiger charge is 2.16. The Balaban J connectivity index is 2.40. The van der Waals surface area contributed by atoms with E-state index in [1.807, 2.05) is 18.2 Å². The molecule has 17 heavy (non-hydrogen) atoms. The highest BCUT2D eigenvalue weighted by molar-refractivity contribution is 9.11. The molecule has 0 radical (unpaired) electrons. The van der Waals surface area contributed by atoms with Gasteiger partial charge in [0.2, 0.25) is 0 Å². The second-order valence-electron chi connectivity index (χ2n) is 3.60. The lowest BCUT2D eigenvalue weighted by molar-refractivity contribution is 1.13. The molecule has 0 N–H and O–H groups in total. The number of thiophene rings is 1. The first-order valence-corrected chi connectivity index (χ1v) is 8.05. The molecule has 2 aromatic rings. The van der Waals surface area contributed by atoms with E-state index >= 15 is 0 Å². The lowest BCUT2D eigenvalue weighted by atomic mass is 10.1. The largest absolute Gasteiger partial charge is 0.133 e. The molecular formula is C12H8Br2Cl2S. The van der Waals surface area contributed by atoms with Crippen LogP contribution in [0.1, 0.15) is 21.4 Å². The van der Waals surface area contributed by atoms with Gasteiger partial charge in [0.25, 0.3) is 0 Å². The minimum absolute atomic E-state index is 0.147. The average Bonchev–Trinajstić information content (AvgIpc) is 2.61.